The van der Waals surface area contributed by atoms with Crippen LogP contribution in [0.4, 0.5) is 17.6 Å². The quantitative estimate of drug-likeness (QED) is 0.659. The van der Waals surface area contributed by atoms with Crippen molar-refractivity contribution >= 4 is 17.6 Å². The second-order valence-corrected chi connectivity index (χ2v) is 7.00. The molecule has 4 rings (SSSR count). The SMILES string of the molecule is CCN1CCc2nn(-c3cc(Nc4nc(C)cc(NC)n4)ncc3OC)cc2C1. The van der Waals surface area contributed by atoms with Gasteiger partial charge in [-0.1, -0.05) is 6.92 Å². The van der Waals surface area contributed by atoms with Crippen molar-refractivity contribution in [3.8, 4) is 11.4 Å². The van der Waals surface area contributed by atoms with Crippen LogP contribution in [0, 0.1) is 6.92 Å². The van der Waals surface area contributed by atoms with Crippen LogP contribution < -0.4 is 15.4 Å². The van der Waals surface area contributed by atoms with E-state index in [-0.39, 0.29) is 0 Å². The Kier molecular flexibility index (Phi) is 5.30. The zero-order valence-electron chi connectivity index (χ0n) is 17.2. The highest BCUT2D eigenvalue weighted by molar-refractivity contribution is 5.58. The van der Waals surface area contributed by atoms with Gasteiger partial charge in [-0.3, -0.25) is 4.90 Å². The standard InChI is InChI=1S/C20H26N8O/c1-5-27-7-6-15-14(11-27)12-28(26-15)16-9-19(22-10-17(16)29-4)25-20-23-13(2)8-18(21-3)24-20/h8-10,12H,5-7,11H2,1-4H3,(H2,21,22,23,24,25). The molecule has 1 aliphatic rings. The first-order valence-electron chi connectivity index (χ1n) is 9.74. The lowest BCUT2D eigenvalue weighted by Crippen LogP contribution is -2.29. The molecule has 4 heterocycles. The second kappa shape index (κ2) is 8.04. The Morgan fingerprint density at radius 1 is 1.21 bits per heavy atom. The summed E-state index contributed by atoms with van der Waals surface area (Å²) in [6.07, 6.45) is 4.73. The van der Waals surface area contributed by atoms with Gasteiger partial charge in [0.15, 0.2) is 5.75 Å². The summed E-state index contributed by atoms with van der Waals surface area (Å²) in [4.78, 5) is 15.7. The molecule has 0 spiro atoms. The van der Waals surface area contributed by atoms with Crippen LogP contribution in [-0.4, -0.2) is 56.9 Å². The number of aryl methyl sites for hydroxylation is 1. The van der Waals surface area contributed by atoms with Gasteiger partial charge in [-0.2, -0.15) is 10.1 Å². The minimum atomic E-state index is 0.483. The van der Waals surface area contributed by atoms with Gasteiger partial charge < -0.3 is 15.4 Å². The van der Waals surface area contributed by atoms with E-state index in [4.69, 9.17) is 9.84 Å². The lowest BCUT2D eigenvalue weighted by molar-refractivity contribution is 0.267. The molecule has 9 heteroatoms. The van der Waals surface area contributed by atoms with Crippen molar-refractivity contribution in [1.82, 2.24) is 29.6 Å². The summed E-state index contributed by atoms with van der Waals surface area (Å²) in [6.45, 7) is 7.12. The number of nitrogens with one attached hydrogen (secondary N) is 2. The summed E-state index contributed by atoms with van der Waals surface area (Å²) in [6, 6.07) is 3.78. The summed E-state index contributed by atoms with van der Waals surface area (Å²) >= 11 is 0. The van der Waals surface area contributed by atoms with Gasteiger partial charge in [0.25, 0.3) is 0 Å². The Morgan fingerprint density at radius 3 is 2.83 bits per heavy atom. The topological polar surface area (TPSA) is 93.0 Å². The zero-order valence-corrected chi connectivity index (χ0v) is 17.2. The number of hydrogen-bond donors (Lipinski definition) is 2. The van der Waals surface area contributed by atoms with Crippen LogP contribution in [0.2, 0.25) is 0 Å². The van der Waals surface area contributed by atoms with E-state index >= 15 is 0 Å². The normalized spacial score (nSPS) is 13.8. The van der Waals surface area contributed by atoms with Gasteiger partial charge in [0.2, 0.25) is 5.95 Å². The highest BCUT2D eigenvalue weighted by Crippen LogP contribution is 2.27. The molecule has 3 aromatic heterocycles. The molecule has 1 aliphatic heterocycles. The van der Waals surface area contributed by atoms with Crippen molar-refractivity contribution in [2.24, 2.45) is 0 Å². The van der Waals surface area contributed by atoms with Crippen LogP contribution in [0.25, 0.3) is 5.69 Å². The Balaban J connectivity index is 1.66. The van der Waals surface area contributed by atoms with Crippen molar-refractivity contribution in [3.05, 3.63) is 41.5 Å². The second-order valence-electron chi connectivity index (χ2n) is 7.00. The van der Waals surface area contributed by atoms with Crippen LogP contribution in [0.5, 0.6) is 5.75 Å². The number of fused-ring (bicyclic) bond motifs is 1. The number of likely N-dealkylation sites (N-methyl/N-ethyl adjacent to an activating group) is 1. The lowest BCUT2D eigenvalue weighted by atomic mass is 10.1. The fourth-order valence-corrected chi connectivity index (χ4v) is 3.47. The van der Waals surface area contributed by atoms with Crippen LogP contribution >= 0.6 is 0 Å². The van der Waals surface area contributed by atoms with E-state index in [0.29, 0.717) is 17.5 Å². The first kappa shape index (κ1) is 19.1. The van der Waals surface area contributed by atoms with Gasteiger partial charge in [-0.15, -0.1) is 0 Å². The van der Waals surface area contributed by atoms with E-state index < -0.39 is 0 Å². The van der Waals surface area contributed by atoms with Gasteiger partial charge >= 0.3 is 0 Å². The Labute approximate surface area is 170 Å². The van der Waals surface area contributed by atoms with Gasteiger partial charge in [0, 0.05) is 56.1 Å². The van der Waals surface area contributed by atoms with Crippen molar-refractivity contribution < 1.29 is 4.74 Å². The summed E-state index contributed by atoms with van der Waals surface area (Å²) in [5.74, 6) is 2.51. The molecule has 0 bridgehead atoms. The Morgan fingerprint density at radius 2 is 2.07 bits per heavy atom. The predicted molar refractivity (Wildman–Crippen MR) is 112 cm³/mol. The average Bonchev–Trinajstić information content (AvgIpc) is 3.16. The van der Waals surface area contributed by atoms with E-state index in [9.17, 15) is 0 Å². The molecule has 0 radical (unpaired) electrons. The molecule has 0 atom stereocenters. The molecule has 0 saturated heterocycles. The molecular weight excluding hydrogens is 368 g/mol. The number of anilines is 3. The molecule has 29 heavy (non-hydrogen) atoms. The smallest absolute Gasteiger partial charge is 0.230 e. The molecule has 0 aromatic carbocycles. The highest BCUT2D eigenvalue weighted by Gasteiger charge is 2.20. The number of aromatic nitrogens is 5. The van der Waals surface area contributed by atoms with Crippen LogP contribution in [0.3, 0.4) is 0 Å². The summed E-state index contributed by atoms with van der Waals surface area (Å²) < 4.78 is 7.41. The van der Waals surface area contributed by atoms with Gasteiger partial charge in [-0.05, 0) is 13.5 Å². The van der Waals surface area contributed by atoms with E-state index in [1.54, 1.807) is 13.3 Å². The van der Waals surface area contributed by atoms with Gasteiger partial charge in [-0.25, -0.2) is 14.6 Å². The minimum Gasteiger partial charge on any atom is -0.493 e. The molecule has 0 saturated carbocycles. The fraction of sp³-hybridized carbons (Fsp3) is 0.400. The summed E-state index contributed by atoms with van der Waals surface area (Å²) in [5.41, 5.74) is 4.08. The third-order valence-electron chi connectivity index (χ3n) is 5.05. The maximum absolute atomic E-state index is 5.53. The Hall–Kier alpha value is -3.20. The van der Waals surface area contributed by atoms with E-state index in [1.165, 1.54) is 5.56 Å². The third-order valence-corrected chi connectivity index (χ3v) is 5.05. The number of methoxy groups -OCH3 is 1. The molecule has 0 fully saturated rings. The van der Waals surface area contributed by atoms with Crippen molar-refractivity contribution in [2.75, 3.05) is 37.9 Å². The zero-order chi connectivity index (χ0) is 20.4. The maximum Gasteiger partial charge on any atom is 0.230 e. The number of hydrogen-bond acceptors (Lipinski definition) is 8. The van der Waals surface area contributed by atoms with Crippen LogP contribution in [0.1, 0.15) is 23.9 Å². The van der Waals surface area contributed by atoms with Gasteiger partial charge in [0.1, 0.15) is 17.3 Å². The van der Waals surface area contributed by atoms with Crippen molar-refractivity contribution in [3.63, 3.8) is 0 Å². The largest absolute Gasteiger partial charge is 0.493 e. The Bertz CT molecular complexity index is 1020. The summed E-state index contributed by atoms with van der Waals surface area (Å²) in [7, 11) is 3.47. The first-order valence-corrected chi connectivity index (χ1v) is 9.74. The van der Waals surface area contributed by atoms with E-state index in [2.05, 4.69) is 43.6 Å². The number of rotatable bonds is 6. The van der Waals surface area contributed by atoms with E-state index in [1.807, 2.05) is 30.8 Å². The van der Waals surface area contributed by atoms with Crippen LogP contribution in [0.15, 0.2) is 24.5 Å². The molecule has 0 aliphatic carbocycles. The molecule has 0 unspecified atom stereocenters. The predicted octanol–water partition coefficient (Wildman–Crippen LogP) is 2.54. The highest BCUT2D eigenvalue weighted by atomic mass is 16.5. The average molecular weight is 394 g/mol. The first-order chi connectivity index (χ1) is 14.1. The molecular formula is C20H26N8O. The van der Waals surface area contributed by atoms with Crippen LogP contribution in [-0.2, 0) is 13.0 Å². The molecule has 3 aromatic rings. The maximum atomic E-state index is 5.53. The molecule has 9 nitrogen and oxygen atoms in total. The summed E-state index contributed by atoms with van der Waals surface area (Å²) in [5, 5.41) is 11.0. The lowest BCUT2D eigenvalue weighted by Gasteiger charge is -2.23. The molecule has 0 amide bonds. The molecule has 2 N–H and O–H groups in total. The van der Waals surface area contributed by atoms with E-state index in [0.717, 1.165) is 48.9 Å². The third kappa shape index (κ3) is 4.00. The monoisotopic (exact) mass is 394 g/mol. The molecule has 152 valence electrons. The fourth-order valence-electron chi connectivity index (χ4n) is 3.47. The van der Waals surface area contributed by atoms with Gasteiger partial charge in [0.05, 0.1) is 19.0 Å². The van der Waals surface area contributed by atoms with Crippen molar-refractivity contribution in [2.45, 2.75) is 26.8 Å². The van der Waals surface area contributed by atoms with Crippen molar-refractivity contribution in [1.29, 1.82) is 0 Å². The number of nitrogens with zero attached hydrogens (tertiary/aromatic N) is 6. The number of pyridine rings is 1. The minimum absolute atomic E-state index is 0.483. The number of ether oxygens (including phenoxy) is 1.